The summed E-state index contributed by atoms with van der Waals surface area (Å²) in [5.74, 6) is 0.786. The molecule has 0 unspecified atom stereocenters. The van der Waals surface area contributed by atoms with Gasteiger partial charge in [-0.3, -0.25) is 10.7 Å². The third-order valence-electron chi connectivity index (χ3n) is 3.12. The van der Waals surface area contributed by atoms with Crippen molar-refractivity contribution in [3.05, 3.63) is 35.4 Å². The summed E-state index contributed by atoms with van der Waals surface area (Å²) in [5, 5.41) is 10.4. The summed E-state index contributed by atoms with van der Waals surface area (Å²) >= 11 is 0. The maximum Gasteiger partial charge on any atom is 0.413 e. The normalized spacial score (nSPS) is 11.4. The fraction of sp³-hybridized carbons (Fsp3) is 0.556. The van der Waals surface area contributed by atoms with Crippen LogP contribution in [0.4, 0.5) is 4.79 Å². The van der Waals surface area contributed by atoms with E-state index >= 15 is 0 Å². The first kappa shape index (κ1) is 18.2. The van der Waals surface area contributed by atoms with Crippen LogP contribution in [0.15, 0.2) is 24.3 Å². The quantitative estimate of drug-likeness (QED) is 0.621. The number of nitrogens with one attached hydrogen (secondary N) is 2. The lowest BCUT2D eigenvalue weighted by Gasteiger charge is -2.19. The molecule has 122 valence electrons. The van der Waals surface area contributed by atoms with Gasteiger partial charge in [-0.25, -0.2) is 4.79 Å². The van der Waals surface area contributed by atoms with Gasteiger partial charge in [-0.1, -0.05) is 44.5 Å². The lowest BCUT2D eigenvalue weighted by molar-refractivity contribution is 0.0563. The average molecular weight is 304 g/mol. The molecular formula is C18H28N2O2. The highest BCUT2D eigenvalue weighted by molar-refractivity contribution is 6.04. The number of benzene rings is 1. The minimum absolute atomic E-state index is 0.0583. The summed E-state index contributed by atoms with van der Waals surface area (Å²) in [4.78, 5) is 11.6. The van der Waals surface area contributed by atoms with Crippen LogP contribution in [-0.2, 0) is 11.2 Å². The monoisotopic (exact) mass is 304 g/mol. The predicted octanol–water partition coefficient (Wildman–Crippen LogP) is 4.52. The van der Waals surface area contributed by atoms with Crippen LogP contribution in [-0.4, -0.2) is 17.5 Å². The van der Waals surface area contributed by atoms with E-state index in [9.17, 15) is 4.79 Å². The molecule has 0 atom stereocenters. The molecule has 0 bridgehead atoms. The first-order valence-electron chi connectivity index (χ1n) is 7.85. The van der Waals surface area contributed by atoms with Crippen molar-refractivity contribution in [1.29, 1.82) is 5.41 Å². The molecule has 0 radical (unpaired) electrons. The van der Waals surface area contributed by atoms with Crippen LogP contribution < -0.4 is 5.32 Å². The topological polar surface area (TPSA) is 62.2 Å². The first-order chi connectivity index (χ1) is 10.2. The van der Waals surface area contributed by atoms with Crippen molar-refractivity contribution in [2.45, 2.75) is 59.5 Å². The molecular weight excluding hydrogens is 276 g/mol. The first-order valence-corrected chi connectivity index (χ1v) is 7.85. The summed E-state index contributed by atoms with van der Waals surface area (Å²) in [6.07, 6.45) is 2.84. The molecule has 0 heterocycles. The fourth-order valence-corrected chi connectivity index (χ4v) is 2.03. The van der Waals surface area contributed by atoms with Gasteiger partial charge in [-0.05, 0) is 45.1 Å². The van der Waals surface area contributed by atoms with Gasteiger partial charge >= 0.3 is 6.09 Å². The largest absolute Gasteiger partial charge is 0.444 e. The highest BCUT2D eigenvalue weighted by atomic mass is 16.6. The maximum atomic E-state index is 11.6. The Kier molecular flexibility index (Phi) is 6.60. The second kappa shape index (κ2) is 7.97. The van der Waals surface area contributed by atoms with Crippen molar-refractivity contribution in [2.24, 2.45) is 5.92 Å². The van der Waals surface area contributed by atoms with Crippen LogP contribution in [0.2, 0.25) is 0 Å². The minimum Gasteiger partial charge on any atom is -0.444 e. The highest BCUT2D eigenvalue weighted by Crippen LogP contribution is 2.12. The second-order valence-electron chi connectivity index (χ2n) is 6.98. The van der Waals surface area contributed by atoms with Gasteiger partial charge in [-0.2, -0.15) is 0 Å². The van der Waals surface area contributed by atoms with E-state index in [-0.39, 0.29) is 5.84 Å². The number of aryl methyl sites for hydroxylation is 1. The zero-order valence-electron chi connectivity index (χ0n) is 14.3. The lowest BCUT2D eigenvalue weighted by Crippen LogP contribution is -2.36. The molecule has 2 N–H and O–H groups in total. The molecule has 0 aliphatic rings. The summed E-state index contributed by atoms with van der Waals surface area (Å²) in [7, 11) is 0. The van der Waals surface area contributed by atoms with Crippen molar-refractivity contribution in [1.82, 2.24) is 5.32 Å². The van der Waals surface area contributed by atoms with Crippen molar-refractivity contribution >= 4 is 11.9 Å². The molecule has 22 heavy (non-hydrogen) atoms. The van der Waals surface area contributed by atoms with Crippen LogP contribution >= 0.6 is 0 Å². The minimum atomic E-state index is -0.599. The molecule has 0 saturated heterocycles. The number of carbonyl (C=O) groups is 1. The van der Waals surface area contributed by atoms with E-state index in [2.05, 4.69) is 19.2 Å². The smallest absolute Gasteiger partial charge is 0.413 e. The Morgan fingerprint density at radius 1 is 1.23 bits per heavy atom. The molecule has 4 heteroatoms. The molecule has 1 aromatic carbocycles. The van der Waals surface area contributed by atoms with Crippen molar-refractivity contribution in [2.75, 3.05) is 0 Å². The number of amides is 1. The predicted molar refractivity (Wildman–Crippen MR) is 90.4 cm³/mol. The zero-order chi connectivity index (χ0) is 16.8. The van der Waals surface area contributed by atoms with Crippen LogP contribution in [0.25, 0.3) is 0 Å². The number of alkyl carbamates (subject to hydrolysis) is 1. The lowest BCUT2D eigenvalue weighted by atomic mass is 10.0. The van der Waals surface area contributed by atoms with E-state index in [0.717, 1.165) is 12.3 Å². The number of rotatable bonds is 5. The Labute approximate surface area is 133 Å². The number of amidine groups is 1. The molecule has 0 spiro atoms. The Morgan fingerprint density at radius 3 is 2.32 bits per heavy atom. The van der Waals surface area contributed by atoms with E-state index in [1.54, 1.807) is 20.8 Å². The van der Waals surface area contributed by atoms with Gasteiger partial charge in [0.05, 0.1) is 0 Å². The fourth-order valence-electron chi connectivity index (χ4n) is 2.03. The Morgan fingerprint density at radius 2 is 1.82 bits per heavy atom. The van der Waals surface area contributed by atoms with E-state index < -0.39 is 11.7 Å². The number of ether oxygens (including phenoxy) is 1. The molecule has 1 amide bonds. The number of carbonyl (C=O) groups excluding carboxylic acids is 1. The van der Waals surface area contributed by atoms with Gasteiger partial charge in [0, 0.05) is 5.56 Å². The molecule has 0 fully saturated rings. The maximum absolute atomic E-state index is 11.6. The summed E-state index contributed by atoms with van der Waals surface area (Å²) in [6, 6.07) is 7.76. The van der Waals surface area contributed by atoms with Gasteiger partial charge in [0.25, 0.3) is 0 Å². The van der Waals surface area contributed by atoms with Gasteiger partial charge in [-0.15, -0.1) is 0 Å². The Bertz CT molecular complexity index is 499. The third kappa shape index (κ3) is 7.25. The van der Waals surface area contributed by atoms with E-state index in [4.69, 9.17) is 10.1 Å². The number of hydrogen-bond donors (Lipinski definition) is 2. The molecule has 0 saturated carbocycles. The van der Waals surface area contributed by atoms with E-state index in [1.807, 2.05) is 24.3 Å². The van der Waals surface area contributed by atoms with Gasteiger partial charge in [0.1, 0.15) is 11.4 Å². The van der Waals surface area contributed by atoms with Crippen LogP contribution in [0, 0.1) is 11.3 Å². The van der Waals surface area contributed by atoms with Gasteiger partial charge in [0.2, 0.25) is 0 Å². The van der Waals surface area contributed by atoms with Crippen molar-refractivity contribution < 1.29 is 9.53 Å². The molecule has 4 nitrogen and oxygen atoms in total. The van der Waals surface area contributed by atoms with E-state index in [1.165, 1.54) is 18.4 Å². The van der Waals surface area contributed by atoms with Crippen molar-refractivity contribution in [3.63, 3.8) is 0 Å². The summed E-state index contributed by atoms with van der Waals surface area (Å²) in [5.41, 5.74) is 1.37. The SMILES string of the molecule is CC(C)CCCc1ccc(C(=N)NC(=O)OC(C)(C)C)cc1. The molecule has 1 aromatic rings. The second-order valence-corrected chi connectivity index (χ2v) is 6.98. The Hall–Kier alpha value is -1.84. The van der Waals surface area contributed by atoms with Crippen LogP contribution in [0.3, 0.4) is 0 Å². The van der Waals surface area contributed by atoms with Gasteiger partial charge < -0.3 is 4.74 Å². The molecule has 0 aliphatic heterocycles. The molecule has 0 aromatic heterocycles. The average Bonchev–Trinajstić information content (AvgIpc) is 2.36. The number of hydrogen-bond acceptors (Lipinski definition) is 3. The zero-order valence-corrected chi connectivity index (χ0v) is 14.3. The Balaban J connectivity index is 2.51. The van der Waals surface area contributed by atoms with Crippen molar-refractivity contribution in [3.8, 4) is 0 Å². The third-order valence-corrected chi connectivity index (χ3v) is 3.12. The summed E-state index contributed by atoms with van der Waals surface area (Å²) in [6.45, 7) is 9.84. The summed E-state index contributed by atoms with van der Waals surface area (Å²) < 4.78 is 5.14. The standard InChI is InChI=1S/C18H28N2O2/c1-13(2)7-6-8-14-9-11-15(12-10-14)16(19)20-17(21)22-18(3,4)5/h9-13H,6-8H2,1-5H3,(H2,19,20,21). The van der Waals surface area contributed by atoms with E-state index in [0.29, 0.717) is 5.56 Å². The highest BCUT2D eigenvalue weighted by Gasteiger charge is 2.17. The molecule has 0 aliphatic carbocycles. The molecule has 1 rings (SSSR count). The van der Waals surface area contributed by atoms with Gasteiger partial charge in [0.15, 0.2) is 0 Å². The van der Waals surface area contributed by atoms with Crippen LogP contribution in [0.5, 0.6) is 0 Å². The van der Waals surface area contributed by atoms with Crippen LogP contribution in [0.1, 0.15) is 58.6 Å².